The Morgan fingerprint density at radius 1 is 1.56 bits per heavy atom. The number of thioether (sulfide) groups is 1. The zero-order chi connectivity index (χ0) is 11.4. The van der Waals surface area contributed by atoms with Gasteiger partial charge in [0.05, 0.1) is 12.7 Å². The van der Waals surface area contributed by atoms with E-state index in [2.05, 4.69) is 21.2 Å². The van der Waals surface area contributed by atoms with Crippen molar-refractivity contribution in [3.05, 3.63) is 28.5 Å². The number of ether oxygens (including phenoxy) is 1. The van der Waals surface area contributed by atoms with Gasteiger partial charge in [-0.2, -0.15) is 0 Å². The average molecular weight is 306 g/mol. The molecule has 2 rings (SSSR count). The molecule has 0 unspecified atom stereocenters. The Morgan fingerprint density at radius 2 is 2.44 bits per heavy atom. The van der Waals surface area contributed by atoms with Gasteiger partial charge in [0.25, 0.3) is 0 Å². The van der Waals surface area contributed by atoms with Gasteiger partial charge in [-0.15, -0.1) is 11.8 Å². The molecule has 5 heteroatoms. The molecule has 1 saturated heterocycles. The van der Waals surface area contributed by atoms with Crippen molar-refractivity contribution in [2.24, 2.45) is 0 Å². The number of nitrogens with one attached hydrogen (secondary N) is 1. The maximum Gasteiger partial charge on any atom is 0.137 e. The molecule has 1 heterocycles. The van der Waals surface area contributed by atoms with Gasteiger partial charge in [0, 0.05) is 28.2 Å². The highest BCUT2D eigenvalue weighted by Gasteiger charge is 2.14. The molecular weight excluding hydrogens is 293 g/mol. The maximum absolute atomic E-state index is 13.5. The summed E-state index contributed by atoms with van der Waals surface area (Å²) in [6, 6.07) is 5.13. The van der Waals surface area contributed by atoms with Crippen LogP contribution in [0.15, 0.2) is 27.6 Å². The van der Waals surface area contributed by atoms with Crippen molar-refractivity contribution in [3.63, 3.8) is 0 Å². The molecule has 1 atom stereocenters. The lowest BCUT2D eigenvalue weighted by atomic mass is 10.3. The number of morpholine rings is 1. The standard InChI is InChI=1S/C11H13BrFNOS/c12-8-1-2-11(10(13)5-8)16-7-9-6-14-3-4-15-9/h1-2,5,9,14H,3-4,6-7H2/t9-/m0/s1. The molecule has 88 valence electrons. The lowest BCUT2D eigenvalue weighted by Crippen LogP contribution is -2.39. The van der Waals surface area contributed by atoms with Gasteiger partial charge in [0.1, 0.15) is 5.82 Å². The number of rotatable bonds is 3. The van der Waals surface area contributed by atoms with Crippen molar-refractivity contribution < 1.29 is 9.13 Å². The molecule has 1 aromatic carbocycles. The summed E-state index contributed by atoms with van der Waals surface area (Å²) in [5, 5.41) is 3.26. The second-order valence-electron chi connectivity index (χ2n) is 3.58. The molecule has 0 spiro atoms. The zero-order valence-corrected chi connectivity index (χ0v) is 11.1. The highest BCUT2D eigenvalue weighted by molar-refractivity contribution is 9.10. The number of hydrogen-bond acceptors (Lipinski definition) is 3. The normalized spacial score (nSPS) is 21.0. The van der Waals surface area contributed by atoms with Gasteiger partial charge >= 0.3 is 0 Å². The minimum absolute atomic E-state index is 0.178. The van der Waals surface area contributed by atoms with Crippen LogP contribution in [-0.4, -0.2) is 31.6 Å². The second-order valence-corrected chi connectivity index (χ2v) is 5.56. The summed E-state index contributed by atoms with van der Waals surface area (Å²) in [7, 11) is 0. The maximum atomic E-state index is 13.5. The van der Waals surface area contributed by atoms with E-state index in [1.165, 1.54) is 17.8 Å². The monoisotopic (exact) mass is 305 g/mol. The number of hydrogen-bond donors (Lipinski definition) is 1. The van der Waals surface area contributed by atoms with E-state index in [-0.39, 0.29) is 11.9 Å². The molecule has 1 fully saturated rings. The summed E-state index contributed by atoms with van der Waals surface area (Å²) in [6.07, 6.45) is 0.182. The molecule has 1 aromatic rings. The Hall–Kier alpha value is -0.100. The zero-order valence-electron chi connectivity index (χ0n) is 8.71. The van der Waals surface area contributed by atoms with E-state index in [1.54, 1.807) is 6.07 Å². The number of benzene rings is 1. The fourth-order valence-electron chi connectivity index (χ4n) is 1.50. The molecule has 1 aliphatic rings. The topological polar surface area (TPSA) is 21.3 Å². The van der Waals surface area contributed by atoms with Gasteiger partial charge in [-0.25, -0.2) is 4.39 Å². The van der Waals surface area contributed by atoms with E-state index < -0.39 is 0 Å². The molecule has 1 N–H and O–H groups in total. The first-order valence-corrected chi connectivity index (χ1v) is 6.94. The first-order valence-electron chi connectivity index (χ1n) is 5.16. The van der Waals surface area contributed by atoms with Gasteiger partial charge in [0.15, 0.2) is 0 Å². The van der Waals surface area contributed by atoms with Gasteiger partial charge in [-0.05, 0) is 18.2 Å². The van der Waals surface area contributed by atoms with Crippen LogP contribution in [0.4, 0.5) is 4.39 Å². The third-order valence-electron chi connectivity index (χ3n) is 2.32. The van der Waals surface area contributed by atoms with E-state index in [9.17, 15) is 4.39 Å². The first-order chi connectivity index (χ1) is 7.75. The van der Waals surface area contributed by atoms with Crippen molar-refractivity contribution in [1.29, 1.82) is 0 Å². The van der Waals surface area contributed by atoms with E-state index >= 15 is 0 Å². The smallest absolute Gasteiger partial charge is 0.137 e. The lowest BCUT2D eigenvalue weighted by molar-refractivity contribution is 0.0441. The van der Waals surface area contributed by atoms with Crippen molar-refractivity contribution in [2.45, 2.75) is 11.0 Å². The summed E-state index contributed by atoms with van der Waals surface area (Å²) in [4.78, 5) is 0.678. The fourth-order valence-corrected chi connectivity index (χ4v) is 2.78. The largest absolute Gasteiger partial charge is 0.375 e. The Bertz CT molecular complexity index is 358. The summed E-state index contributed by atoms with van der Waals surface area (Å²) in [6.45, 7) is 2.51. The molecule has 0 radical (unpaired) electrons. The summed E-state index contributed by atoms with van der Waals surface area (Å²) < 4.78 is 19.8. The lowest BCUT2D eigenvalue weighted by Gasteiger charge is -2.23. The summed E-state index contributed by atoms with van der Waals surface area (Å²) in [5.74, 6) is 0.606. The van der Waals surface area contributed by atoms with E-state index in [4.69, 9.17) is 4.74 Å². The highest BCUT2D eigenvalue weighted by atomic mass is 79.9. The minimum atomic E-state index is -0.178. The highest BCUT2D eigenvalue weighted by Crippen LogP contribution is 2.25. The van der Waals surface area contributed by atoms with Crippen molar-refractivity contribution >= 4 is 27.7 Å². The fraction of sp³-hybridized carbons (Fsp3) is 0.455. The summed E-state index contributed by atoms with van der Waals surface area (Å²) >= 11 is 4.74. The third-order valence-corrected chi connectivity index (χ3v) is 4.00. The van der Waals surface area contributed by atoms with Gasteiger partial charge in [0.2, 0.25) is 0 Å². The predicted octanol–water partition coefficient (Wildman–Crippen LogP) is 2.67. The average Bonchev–Trinajstić information content (AvgIpc) is 2.29. The van der Waals surface area contributed by atoms with Crippen molar-refractivity contribution in [1.82, 2.24) is 5.32 Å². The van der Waals surface area contributed by atoms with Gasteiger partial charge < -0.3 is 10.1 Å². The van der Waals surface area contributed by atoms with Crippen LogP contribution in [0, 0.1) is 5.82 Å². The predicted molar refractivity (Wildman–Crippen MR) is 67.4 cm³/mol. The van der Waals surface area contributed by atoms with Crippen LogP contribution in [0.5, 0.6) is 0 Å². The quantitative estimate of drug-likeness (QED) is 0.868. The Morgan fingerprint density at radius 3 is 3.12 bits per heavy atom. The van der Waals surface area contributed by atoms with Crippen LogP contribution < -0.4 is 5.32 Å². The van der Waals surface area contributed by atoms with Crippen molar-refractivity contribution in [2.75, 3.05) is 25.4 Å². The minimum Gasteiger partial charge on any atom is -0.375 e. The third kappa shape index (κ3) is 3.45. The van der Waals surface area contributed by atoms with Crippen LogP contribution in [0.25, 0.3) is 0 Å². The number of halogens is 2. The van der Waals surface area contributed by atoms with Gasteiger partial charge in [-0.3, -0.25) is 0 Å². The second kappa shape index (κ2) is 6.00. The SMILES string of the molecule is Fc1cc(Br)ccc1SC[C@@H]1CNCCO1. The molecule has 2 nitrogen and oxygen atoms in total. The molecule has 0 saturated carbocycles. The summed E-state index contributed by atoms with van der Waals surface area (Å²) in [5.41, 5.74) is 0. The van der Waals surface area contributed by atoms with Crippen LogP contribution in [0.3, 0.4) is 0 Å². The van der Waals surface area contributed by atoms with E-state index in [1.807, 2.05) is 6.07 Å². The molecule has 1 aliphatic heterocycles. The van der Waals surface area contributed by atoms with Gasteiger partial charge in [-0.1, -0.05) is 15.9 Å². The molecule has 16 heavy (non-hydrogen) atoms. The van der Waals surface area contributed by atoms with Crippen LogP contribution >= 0.6 is 27.7 Å². The van der Waals surface area contributed by atoms with E-state index in [0.29, 0.717) is 4.90 Å². The van der Waals surface area contributed by atoms with Crippen LogP contribution in [-0.2, 0) is 4.74 Å². The Kier molecular flexibility index (Phi) is 4.64. The Balaban J connectivity index is 1.88. The molecule has 0 bridgehead atoms. The van der Waals surface area contributed by atoms with E-state index in [0.717, 1.165) is 29.9 Å². The van der Waals surface area contributed by atoms with Crippen molar-refractivity contribution in [3.8, 4) is 0 Å². The molecule has 0 aromatic heterocycles. The van der Waals surface area contributed by atoms with Crippen LogP contribution in [0.2, 0.25) is 0 Å². The molecule has 0 aliphatic carbocycles. The Labute approximate surface area is 107 Å². The first kappa shape index (κ1) is 12.4. The molecule has 0 amide bonds. The molecular formula is C11H13BrFNOS. The van der Waals surface area contributed by atoms with Crippen LogP contribution in [0.1, 0.15) is 0 Å².